The van der Waals surface area contributed by atoms with E-state index >= 15 is 0 Å². The molecule has 1 aliphatic heterocycles. The second-order valence-electron chi connectivity index (χ2n) is 5.94. The summed E-state index contributed by atoms with van der Waals surface area (Å²) >= 11 is 1.46. The molecule has 0 saturated carbocycles. The van der Waals surface area contributed by atoms with E-state index in [2.05, 4.69) is 5.32 Å². The summed E-state index contributed by atoms with van der Waals surface area (Å²) in [7, 11) is 0. The van der Waals surface area contributed by atoms with Gasteiger partial charge in [-0.25, -0.2) is 8.78 Å². The first-order valence-electron chi connectivity index (χ1n) is 8.15. The van der Waals surface area contributed by atoms with Gasteiger partial charge in [-0.05, 0) is 42.7 Å². The number of fused-ring (bicyclic) bond motifs is 1. The van der Waals surface area contributed by atoms with Gasteiger partial charge >= 0.3 is 0 Å². The molecule has 1 N–H and O–H groups in total. The summed E-state index contributed by atoms with van der Waals surface area (Å²) in [5.74, 6) is -3.32. The van der Waals surface area contributed by atoms with Crippen molar-refractivity contribution in [2.45, 2.75) is 12.5 Å². The number of thioether (sulfide) groups is 1. The average Bonchev–Trinajstić information content (AvgIpc) is 2.90. The average molecular weight is 390 g/mol. The highest BCUT2D eigenvalue weighted by Crippen LogP contribution is 2.27. The molecular weight excluding hydrogens is 374 g/mol. The molecule has 140 valence electrons. The van der Waals surface area contributed by atoms with E-state index in [1.165, 1.54) is 30.0 Å². The molecule has 1 heterocycles. The van der Waals surface area contributed by atoms with Crippen LogP contribution in [0.1, 0.15) is 27.1 Å². The summed E-state index contributed by atoms with van der Waals surface area (Å²) < 4.78 is 26.5. The lowest BCUT2D eigenvalue weighted by Gasteiger charge is -2.25. The number of hydrogen-bond donors (Lipinski definition) is 1. The van der Waals surface area contributed by atoms with Crippen molar-refractivity contribution in [3.05, 3.63) is 65.2 Å². The number of rotatable bonds is 6. The number of imide groups is 1. The molecule has 0 aromatic heterocycles. The maximum absolute atomic E-state index is 13.4. The van der Waals surface area contributed by atoms with Gasteiger partial charge in [-0.3, -0.25) is 19.3 Å². The lowest BCUT2D eigenvalue weighted by atomic mass is 10.1. The smallest absolute Gasteiger partial charge is 0.262 e. The largest absolute Gasteiger partial charge is 0.324 e. The highest BCUT2D eigenvalue weighted by atomic mass is 32.2. The van der Waals surface area contributed by atoms with Gasteiger partial charge < -0.3 is 5.32 Å². The third kappa shape index (κ3) is 3.71. The number of nitrogens with one attached hydrogen (secondary N) is 1. The van der Waals surface area contributed by atoms with Crippen LogP contribution >= 0.6 is 11.8 Å². The molecule has 0 saturated heterocycles. The molecule has 3 amide bonds. The number of benzene rings is 2. The van der Waals surface area contributed by atoms with E-state index in [9.17, 15) is 23.2 Å². The standard InChI is InChI=1S/C19H16F2N2O3S/c1-27-9-8-16(17(24)22-11-6-7-14(20)15(21)10-11)23-18(25)12-4-2-3-5-13(12)19(23)26/h2-7,10,16H,8-9H2,1H3,(H,22,24)/t16-/m1/s1. The van der Waals surface area contributed by atoms with Gasteiger partial charge in [-0.2, -0.15) is 11.8 Å². The van der Waals surface area contributed by atoms with Crippen LogP contribution in [0.25, 0.3) is 0 Å². The van der Waals surface area contributed by atoms with Crippen LogP contribution in [0.15, 0.2) is 42.5 Å². The van der Waals surface area contributed by atoms with Crippen molar-refractivity contribution < 1.29 is 23.2 Å². The summed E-state index contributed by atoms with van der Waals surface area (Å²) in [6, 6.07) is 8.26. The minimum Gasteiger partial charge on any atom is -0.324 e. The zero-order valence-corrected chi connectivity index (χ0v) is 15.2. The summed E-state index contributed by atoms with van der Waals surface area (Å²) in [6.45, 7) is 0. The monoisotopic (exact) mass is 390 g/mol. The van der Waals surface area contributed by atoms with Crippen LogP contribution < -0.4 is 5.32 Å². The first kappa shape index (κ1) is 19.0. The molecule has 1 atom stereocenters. The van der Waals surface area contributed by atoms with Crippen molar-refractivity contribution in [1.29, 1.82) is 0 Å². The Labute approximate surface area is 158 Å². The van der Waals surface area contributed by atoms with Crippen molar-refractivity contribution in [2.75, 3.05) is 17.3 Å². The van der Waals surface area contributed by atoms with Gasteiger partial charge in [0, 0.05) is 11.8 Å². The predicted molar refractivity (Wildman–Crippen MR) is 98.7 cm³/mol. The number of nitrogens with zero attached hydrogens (tertiary/aromatic N) is 1. The van der Waals surface area contributed by atoms with E-state index in [0.717, 1.165) is 17.0 Å². The van der Waals surface area contributed by atoms with Gasteiger partial charge in [0.2, 0.25) is 5.91 Å². The van der Waals surface area contributed by atoms with Crippen LogP contribution in [0.5, 0.6) is 0 Å². The summed E-state index contributed by atoms with van der Waals surface area (Å²) in [5, 5.41) is 2.46. The third-order valence-corrected chi connectivity index (χ3v) is 4.87. The fourth-order valence-electron chi connectivity index (χ4n) is 2.90. The van der Waals surface area contributed by atoms with Crippen molar-refractivity contribution >= 4 is 35.2 Å². The highest BCUT2D eigenvalue weighted by molar-refractivity contribution is 7.98. The molecule has 0 spiro atoms. The minimum atomic E-state index is -1.10. The first-order valence-corrected chi connectivity index (χ1v) is 9.55. The van der Waals surface area contributed by atoms with Crippen molar-refractivity contribution in [2.24, 2.45) is 0 Å². The second-order valence-corrected chi connectivity index (χ2v) is 6.93. The number of halogens is 2. The van der Waals surface area contributed by atoms with Crippen LogP contribution in [0.3, 0.4) is 0 Å². The van der Waals surface area contributed by atoms with Crippen molar-refractivity contribution in [3.8, 4) is 0 Å². The van der Waals surface area contributed by atoms with Crippen LogP contribution in [-0.4, -0.2) is 40.7 Å². The number of carbonyl (C=O) groups excluding carboxylic acids is 3. The molecule has 0 bridgehead atoms. The molecule has 5 nitrogen and oxygen atoms in total. The molecule has 27 heavy (non-hydrogen) atoms. The Morgan fingerprint density at radius 3 is 2.26 bits per heavy atom. The lowest BCUT2D eigenvalue weighted by Crippen LogP contribution is -2.47. The van der Waals surface area contributed by atoms with E-state index < -0.39 is 35.4 Å². The normalized spacial score (nSPS) is 14.3. The van der Waals surface area contributed by atoms with Gasteiger partial charge in [0.15, 0.2) is 11.6 Å². The zero-order valence-electron chi connectivity index (χ0n) is 14.4. The number of anilines is 1. The molecule has 2 aromatic rings. The zero-order chi connectivity index (χ0) is 19.6. The van der Waals surface area contributed by atoms with E-state index in [4.69, 9.17) is 0 Å². The Balaban J connectivity index is 1.87. The van der Waals surface area contributed by atoms with Gasteiger partial charge in [-0.15, -0.1) is 0 Å². The SMILES string of the molecule is CSCC[C@H](C(=O)Nc1ccc(F)c(F)c1)N1C(=O)c2ccccc2C1=O. The fourth-order valence-corrected chi connectivity index (χ4v) is 3.36. The molecule has 3 rings (SSSR count). The molecule has 0 aliphatic carbocycles. The Bertz CT molecular complexity index is 885. The van der Waals surface area contributed by atoms with E-state index in [-0.39, 0.29) is 23.2 Å². The summed E-state index contributed by atoms with van der Waals surface area (Å²) in [4.78, 5) is 39.1. The minimum absolute atomic E-state index is 0.0460. The lowest BCUT2D eigenvalue weighted by molar-refractivity contribution is -0.120. The third-order valence-electron chi connectivity index (χ3n) is 4.22. The Kier molecular flexibility index (Phi) is 5.55. The molecule has 0 fully saturated rings. The Morgan fingerprint density at radius 2 is 1.70 bits per heavy atom. The maximum atomic E-state index is 13.4. The van der Waals surface area contributed by atoms with Crippen molar-refractivity contribution in [1.82, 2.24) is 4.90 Å². The molecular formula is C19H16F2N2O3S. The van der Waals surface area contributed by atoms with Crippen LogP contribution in [0.4, 0.5) is 14.5 Å². The predicted octanol–water partition coefficient (Wildman–Crippen LogP) is 3.32. The van der Waals surface area contributed by atoms with Gasteiger partial charge in [0.05, 0.1) is 11.1 Å². The van der Waals surface area contributed by atoms with Gasteiger partial charge in [0.1, 0.15) is 6.04 Å². The fraction of sp³-hybridized carbons (Fsp3) is 0.211. The molecule has 1 aliphatic rings. The molecule has 0 radical (unpaired) electrons. The van der Waals surface area contributed by atoms with E-state index in [0.29, 0.717) is 5.75 Å². The van der Waals surface area contributed by atoms with Gasteiger partial charge in [-0.1, -0.05) is 12.1 Å². The quantitative estimate of drug-likeness (QED) is 0.769. The van der Waals surface area contributed by atoms with Gasteiger partial charge in [0.25, 0.3) is 11.8 Å². The number of hydrogen-bond acceptors (Lipinski definition) is 4. The van der Waals surface area contributed by atoms with Crippen LogP contribution in [0.2, 0.25) is 0 Å². The topological polar surface area (TPSA) is 66.5 Å². The summed E-state index contributed by atoms with van der Waals surface area (Å²) in [6.07, 6.45) is 2.08. The molecule has 0 unspecified atom stereocenters. The highest BCUT2D eigenvalue weighted by Gasteiger charge is 2.42. The maximum Gasteiger partial charge on any atom is 0.262 e. The molecule has 2 aromatic carbocycles. The summed E-state index contributed by atoms with van der Waals surface area (Å²) in [5.41, 5.74) is 0.541. The Hall–Kier alpha value is -2.74. The molecule has 8 heteroatoms. The second kappa shape index (κ2) is 7.87. The van der Waals surface area contributed by atoms with E-state index in [1.807, 2.05) is 6.26 Å². The first-order chi connectivity index (χ1) is 12.9. The van der Waals surface area contributed by atoms with E-state index in [1.54, 1.807) is 12.1 Å². The van der Waals surface area contributed by atoms with Crippen LogP contribution in [0, 0.1) is 11.6 Å². The number of amides is 3. The van der Waals surface area contributed by atoms with Crippen molar-refractivity contribution in [3.63, 3.8) is 0 Å². The number of carbonyl (C=O) groups is 3. The Morgan fingerprint density at radius 1 is 1.07 bits per heavy atom. The van der Waals surface area contributed by atoms with Crippen LogP contribution in [-0.2, 0) is 4.79 Å².